The summed E-state index contributed by atoms with van der Waals surface area (Å²) in [5.41, 5.74) is 3.46. The lowest BCUT2D eigenvalue weighted by Gasteiger charge is -2.14. The number of aliphatic carboxylic acids is 1. The molecule has 8 nitrogen and oxygen atoms in total. The zero-order chi connectivity index (χ0) is 20.7. The molecular formula is C22H17N5O3. The second-order valence-electron chi connectivity index (χ2n) is 7.01. The van der Waals surface area contributed by atoms with E-state index in [-0.39, 0.29) is 0 Å². The number of fused-ring (bicyclic) bond motifs is 3. The van der Waals surface area contributed by atoms with Gasteiger partial charge in [0.05, 0.1) is 16.8 Å². The third-order valence-corrected chi connectivity index (χ3v) is 5.04. The molecule has 0 fully saturated rings. The molecule has 0 atom stereocenters. The van der Waals surface area contributed by atoms with Gasteiger partial charge in [-0.25, -0.2) is 9.36 Å². The van der Waals surface area contributed by atoms with Crippen molar-refractivity contribution in [2.45, 2.75) is 13.1 Å². The van der Waals surface area contributed by atoms with Crippen LogP contribution in [0.4, 0.5) is 0 Å². The van der Waals surface area contributed by atoms with Crippen LogP contribution in [0.1, 0.15) is 5.56 Å². The van der Waals surface area contributed by atoms with E-state index in [9.17, 15) is 9.59 Å². The van der Waals surface area contributed by atoms with Gasteiger partial charge in [-0.3, -0.25) is 9.59 Å². The Morgan fingerprint density at radius 1 is 1.03 bits per heavy atom. The van der Waals surface area contributed by atoms with Gasteiger partial charge in [-0.2, -0.15) is 10.2 Å². The molecule has 0 radical (unpaired) electrons. The second-order valence-corrected chi connectivity index (χ2v) is 7.01. The zero-order valence-corrected chi connectivity index (χ0v) is 15.8. The smallest absolute Gasteiger partial charge is 0.325 e. The van der Waals surface area contributed by atoms with Crippen molar-refractivity contribution < 1.29 is 9.90 Å². The molecule has 2 aliphatic rings. The number of nitrogens with zero attached hydrogens (tertiary/aromatic N) is 5. The fourth-order valence-electron chi connectivity index (χ4n) is 3.66. The van der Waals surface area contributed by atoms with Crippen LogP contribution in [-0.2, 0) is 17.9 Å². The highest BCUT2D eigenvalue weighted by molar-refractivity contribution is 5.93. The molecule has 148 valence electrons. The Kier molecular flexibility index (Phi) is 4.17. The number of benzene rings is 2. The third-order valence-electron chi connectivity index (χ3n) is 5.04. The van der Waals surface area contributed by atoms with Crippen molar-refractivity contribution in [3.8, 4) is 16.9 Å². The molecule has 1 N–H and O–H groups in total. The van der Waals surface area contributed by atoms with E-state index >= 15 is 0 Å². The van der Waals surface area contributed by atoms with Crippen molar-refractivity contribution in [2.24, 2.45) is 0 Å². The monoisotopic (exact) mass is 399 g/mol. The van der Waals surface area contributed by atoms with Gasteiger partial charge in [-0.15, -0.1) is 0 Å². The number of carbonyl (C=O) groups is 1. The van der Waals surface area contributed by atoms with Crippen molar-refractivity contribution in [3.63, 3.8) is 0 Å². The number of hydrogen-bond donors (Lipinski definition) is 1. The van der Waals surface area contributed by atoms with Crippen LogP contribution in [0.15, 0.2) is 78.0 Å². The minimum absolute atomic E-state index is 0.402. The van der Waals surface area contributed by atoms with Crippen LogP contribution in [0, 0.1) is 0 Å². The van der Waals surface area contributed by atoms with E-state index in [1.54, 1.807) is 17.1 Å². The molecule has 0 amide bonds. The van der Waals surface area contributed by atoms with Crippen molar-refractivity contribution in [1.29, 1.82) is 0 Å². The van der Waals surface area contributed by atoms with Gasteiger partial charge in [-0.1, -0.05) is 30.3 Å². The van der Waals surface area contributed by atoms with Gasteiger partial charge in [-0.05, 0) is 29.8 Å². The lowest BCUT2D eigenvalue weighted by atomic mass is 10.1. The fourth-order valence-corrected chi connectivity index (χ4v) is 3.66. The minimum Gasteiger partial charge on any atom is -0.480 e. The summed E-state index contributed by atoms with van der Waals surface area (Å²) in [6.07, 6.45) is 5.37. The summed E-state index contributed by atoms with van der Waals surface area (Å²) in [4.78, 5) is 23.8. The molecule has 5 rings (SSSR count). The summed E-state index contributed by atoms with van der Waals surface area (Å²) in [5, 5.41) is 18.4. The van der Waals surface area contributed by atoms with Crippen LogP contribution in [-0.4, -0.2) is 35.2 Å². The van der Waals surface area contributed by atoms with Crippen LogP contribution in [0.2, 0.25) is 0 Å². The van der Waals surface area contributed by atoms with Crippen LogP contribution < -0.4 is 5.56 Å². The predicted molar refractivity (Wildman–Crippen MR) is 111 cm³/mol. The molecule has 0 bridgehead atoms. The average Bonchev–Trinajstić information content (AvgIpc) is 3.38. The Bertz CT molecular complexity index is 1380. The molecule has 2 aromatic carbocycles. The zero-order valence-electron chi connectivity index (χ0n) is 15.8. The Balaban J connectivity index is 1.59. The molecule has 0 spiro atoms. The molecule has 3 heterocycles. The molecule has 3 aromatic rings. The average molecular weight is 399 g/mol. The summed E-state index contributed by atoms with van der Waals surface area (Å²) in [5.74, 6) is -1.10. The van der Waals surface area contributed by atoms with Gasteiger partial charge >= 0.3 is 5.97 Å². The van der Waals surface area contributed by atoms with Crippen LogP contribution in [0.5, 0.6) is 0 Å². The minimum atomic E-state index is -1.10. The van der Waals surface area contributed by atoms with Gasteiger partial charge in [0, 0.05) is 30.5 Å². The van der Waals surface area contributed by atoms with Crippen molar-refractivity contribution >= 4 is 16.9 Å². The molecule has 2 aliphatic heterocycles. The Labute approximate surface area is 170 Å². The van der Waals surface area contributed by atoms with E-state index < -0.39 is 18.1 Å². The normalized spacial score (nSPS) is 11.3. The van der Waals surface area contributed by atoms with E-state index in [0.717, 1.165) is 26.8 Å². The van der Waals surface area contributed by atoms with Crippen molar-refractivity contribution in [2.75, 3.05) is 0 Å². The maximum atomic E-state index is 12.7. The molecule has 0 aliphatic carbocycles. The first-order valence-electron chi connectivity index (χ1n) is 9.39. The van der Waals surface area contributed by atoms with Crippen LogP contribution in [0.25, 0.3) is 27.8 Å². The maximum absolute atomic E-state index is 12.7. The number of pyridine rings is 1. The summed E-state index contributed by atoms with van der Waals surface area (Å²) in [6.45, 7) is 0.0934. The Morgan fingerprint density at radius 3 is 2.57 bits per heavy atom. The molecule has 0 saturated heterocycles. The van der Waals surface area contributed by atoms with Crippen molar-refractivity contribution in [1.82, 2.24) is 24.1 Å². The van der Waals surface area contributed by atoms with Gasteiger partial charge in [0.25, 0.3) is 5.56 Å². The molecular weight excluding hydrogens is 382 g/mol. The highest BCUT2D eigenvalue weighted by Gasteiger charge is 2.20. The number of para-hydroxylation sites is 1. The largest absolute Gasteiger partial charge is 0.480 e. The van der Waals surface area contributed by atoms with Gasteiger partial charge in [0.15, 0.2) is 0 Å². The molecule has 0 saturated carbocycles. The van der Waals surface area contributed by atoms with Gasteiger partial charge < -0.3 is 9.67 Å². The first kappa shape index (κ1) is 17.9. The van der Waals surface area contributed by atoms with E-state index in [1.165, 1.54) is 0 Å². The molecule has 30 heavy (non-hydrogen) atoms. The summed E-state index contributed by atoms with van der Waals surface area (Å²) >= 11 is 0. The maximum Gasteiger partial charge on any atom is 0.325 e. The van der Waals surface area contributed by atoms with E-state index in [1.807, 2.05) is 65.4 Å². The topological polar surface area (TPSA) is 94.9 Å². The Hall–Kier alpha value is -4.20. The Morgan fingerprint density at radius 2 is 1.83 bits per heavy atom. The lowest BCUT2D eigenvalue weighted by molar-refractivity contribution is -0.137. The highest BCUT2D eigenvalue weighted by atomic mass is 16.4. The second kappa shape index (κ2) is 7.00. The summed E-state index contributed by atoms with van der Waals surface area (Å²) in [6, 6.07) is 17.6. The first-order valence-corrected chi connectivity index (χ1v) is 9.39. The number of carboxylic acids is 1. The summed E-state index contributed by atoms with van der Waals surface area (Å²) in [7, 11) is 0. The predicted octanol–water partition coefficient (Wildman–Crippen LogP) is 2.62. The number of carboxylic acid groups (broad SMARTS) is 1. The van der Waals surface area contributed by atoms with Crippen LogP contribution in [0.3, 0.4) is 0 Å². The summed E-state index contributed by atoms with van der Waals surface area (Å²) < 4.78 is 4.79. The van der Waals surface area contributed by atoms with Gasteiger partial charge in [0.2, 0.25) is 0 Å². The number of hydrogen-bond acceptors (Lipinski definition) is 4. The third kappa shape index (κ3) is 3.04. The standard InChI is InChI=1S/C22H17N5O3/c28-20(29)14-27-22(30)18-13-25(19-5-2-1-4-17(19)21(18)24-27)12-15-6-8-16(9-7-15)26-11-3-10-23-26/h1-11,13H,12,14H2,(H,28,29). The first-order chi connectivity index (χ1) is 14.6. The van der Waals surface area contributed by atoms with Crippen molar-refractivity contribution in [3.05, 3.63) is 89.1 Å². The highest BCUT2D eigenvalue weighted by Crippen LogP contribution is 2.28. The molecule has 1 aromatic heterocycles. The quantitative estimate of drug-likeness (QED) is 0.490. The fraction of sp³-hybridized carbons (Fsp3) is 0.0909. The number of rotatable bonds is 5. The van der Waals surface area contributed by atoms with E-state index in [4.69, 9.17) is 5.11 Å². The van der Waals surface area contributed by atoms with Crippen LogP contribution >= 0.6 is 0 Å². The molecule has 8 heteroatoms. The number of aromatic nitrogens is 5. The SMILES string of the molecule is O=C(O)Cn1nc2c3ccccc3n(Cc3ccc(-n4cccn4)cc3)cc-2c1=O. The van der Waals surface area contributed by atoms with Gasteiger partial charge in [0.1, 0.15) is 12.2 Å². The lowest BCUT2D eigenvalue weighted by Crippen LogP contribution is -2.21. The molecule has 0 unspecified atom stereocenters. The van der Waals surface area contributed by atoms with E-state index in [2.05, 4.69) is 10.2 Å². The van der Waals surface area contributed by atoms with E-state index in [0.29, 0.717) is 17.8 Å².